The molecule has 0 amide bonds. The Bertz CT molecular complexity index is 3630. The zero-order valence-electron chi connectivity index (χ0n) is 44.0. The number of hydrogen-bond acceptors (Lipinski definition) is 6. The number of benzene rings is 4. The van der Waals surface area contributed by atoms with Crippen LogP contribution in [0.5, 0.6) is 23.0 Å². The van der Waals surface area contributed by atoms with Gasteiger partial charge in [-0.1, -0.05) is 0 Å². The fraction of sp³-hybridized carbons (Fsp3) is 0.214. The van der Waals surface area contributed by atoms with Gasteiger partial charge in [0.25, 0.3) is 0 Å². The van der Waals surface area contributed by atoms with Gasteiger partial charge in [0.2, 0.25) is 11.6 Å². The van der Waals surface area contributed by atoms with Crippen LogP contribution >= 0.6 is 0 Å². The van der Waals surface area contributed by atoms with Crippen LogP contribution in [0.25, 0.3) is 90.9 Å². The summed E-state index contributed by atoms with van der Waals surface area (Å²) < 4.78 is 157. The second-order valence-corrected chi connectivity index (χ2v) is 22.4. The minimum absolute atomic E-state index is 0.0869. The van der Waals surface area contributed by atoms with E-state index in [9.17, 15) is 29.2 Å². The average molecular weight is 1090 g/mol. The number of H-pyrrole nitrogens is 2. The van der Waals surface area contributed by atoms with Crippen LogP contribution in [0.3, 0.4) is 0 Å². The Kier molecular flexibility index (Phi) is 12.8. The van der Waals surface area contributed by atoms with Gasteiger partial charge >= 0.3 is 0 Å². The lowest BCUT2D eigenvalue weighted by molar-refractivity contribution is 0.381. The SMILES string of the molecule is C[N+](C)(C)c1cc([N+](C)(C)C)c(O)c(-c2c3nc(c(-c4c(F)c(F)c(F)c(F)c4F)c4ccc([nH]4)c(-c4c(O)c([N+](C)(C)C)cc([N+](C)(C)C)c4O)c4nc(c(-c5c(F)c(F)c(F)c(F)c5F)c5ccc2[nH]5)C=C4)C=C3)c1O. The first-order chi connectivity index (χ1) is 36.1. The third-order valence-electron chi connectivity index (χ3n) is 13.5. The van der Waals surface area contributed by atoms with E-state index < -0.39 is 126 Å². The molecule has 0 radical (unpaired) electrons. The molecule has 0 unspecified atom stereocenters. The van der Waals surface area contributed by atoms with Crippen molar-refractivity contribution < 1.29 is 64.3 Å². The minimum Gasteiger partial charge on any atom is -0.502 e. The van der Waals surface area contributed by atoms with Gasteiger partial charge in [0.05, 0.1) is 142 Å². The van der Waals surface area contributed by atoms with Gasteiger partial charge in [0.1, 0.15) is 0 Å². The van der Waals surface area contributed by atoms with Gasteiger partial charge in [0, 0.05) is 44.3 Å². The van der Waals surface area contributed by atoms with Crippen LogP contribution in [0.4, 0.5) is 66.7 Å². The molecule has 22 heteroatoms. The largest absolute Gasteiger partial charge is 0.502 e. The molecule has 0 saturated carbocycles. The summed E-state index contributed by atoms with van der Waals surface area (Å²) in [7, 11) is 20.4. The molecule has 8 bridgehead atoms. The van der Waals surface area contributed by atoms with Gasteiger partial charge in [-0.2, -0.15) is 0 Å². The molecule has 3 aromatic heterocycles. The van der Waals surface area contributed by atoms with Crippen molar-refractivity contribution in [3.05, 3.63) is 117 Å². The Labute approximate surface area is 439 Å². The van der Waals surface area contributed by atoms with Crippen molar-refractivity contribution >= 4 is 69.1 Å². The summed E-state index contributed by atoms with van der Waals surface area (Å²) >= 11 is 0. The van der Waals surface area contributed by atoms with Crippen molar-refractivity contribution in [2.45, 2.75) is 0 Å². The Morgan fingerprint density at radius 3 is 0.692 bits per heavy atom. The number of rotatable bonds is 8. The maximum Gasteiger partial charge on any atom is 0.200 e. The van der Waals surface area contributed by atoms with Crippen LogP contribution in [0.2, 0.25) is 0 Å². The van der Waals surface area contributed by atoms with Crippen LogP contribution in [0, 0.1) is 58.2 Å². The second-order valence-electron chi connectivity index (χ2n) is 22.4. The van der Waals surface area contributed by atoms with Crippen molar-refractivity contribution in [3.63, 3.8) is 0 Å². The fourth-order valence-electron chi connectivity index (χ4n) is 9.69. The molecule has 0 spiro atoms. The number of nitrogens with zero attached hydrogens (tertiary/aromatic N) is 6. The third kappa shape index (κ3) is 8.58. The molecule has 2 aliphatic heterocycles. The Morgan fingerprint density at radius 1 is 0.295 bits per heavy atom. The van der Waals surface area contributed by atoms with E-state index in [1.807, 2.05) is 0 Å². The van der Waals surface area contributed by atoms with Gasteiger partial charge < -0.3 is 30.4 Å². The summed E-state index contributed by atoms with van der Waals surface area (Å²) in [6.45, 7) is 0. The summed E-state index contributed by atoms with van der Waals surface area (Å²) in [4.78, 5) is 15.3. The van der Waals surface area contributed by atoms with E-state index in [1.54, 1.807) is 84.6 Å². The zero-order chi connectivity index (χ0) is 57.5. The smallest absolute Gasteiger partial charge is 0.200 e. The Hall–Kier alpha value is -8.18. The molecule has 0 aliphatic carbocycles. The molecular weight excluding hydrogens is 1040 g/mol. The number of hydrogen-bond donors (Lipinski definition) is 6. The minimum atomic E-state index is -2.47. The normalized spacial score (nSPS) is 13.1. The molecule has 5 heterocycles. The van der Waals surface area contributed by atoms with Gasteiger partial charge in [-0.3, -0.25) is 17.9 Å². The predicted octanol–water partition coefficient (Wildman–Crippen LogP) is 12.3. The fourth-order valence-corrected chi connectivity index (χ4v) is 9.69. The molecule has 2 aliphatic rings. The first kappa shape index (κ1) is 54.6. The summed E-state index contributed by atoms with van der Waals surface area (Å²) in [5, 5.41) is 49.5. The van der Waals surface area contributed by atoms with E-state index in [0.29, 0.717) is 0 Å². The average Bonchev–Trinajstić information content (AvgIpc) is 4.24. The maximum absolute atomic E-state index is 16.5. The monoisotopic (exact) mass is 1090 g/mol. The van der Waals surface area contributed by atoms with Crippen LogP contribution in [0.15, 0.2) is 36.4 Å². The Balaban J connectivity index is 1.62. The molecule has 6 N–H and O–H groups in total. The van der Waals surface area contributed by atoms with Gasteiger partial charge in [0.15, 0.2) is 92.3 Å². The van der Waals surface area contributed by atoms with Crippen LogP contribution < -0.4 is 17.9 Å². The molecule has 0 atom stereocenters. The highest BCUT2D eigenvalue weighted by Gasteiger charge is 2.38. The van der Waals surface area contributed by atoms with Crippen LogP contribution in [-0.2, 0) is 0 Å². The summed E-state index contributed by atoms with van der Waals surface area (Å²) in [6, 6.07) is 7.90. The number of aromatic nitrogens is 4. The molecular formula is C56H52F10N8O4+4. The molecule has 7 aromatic rings. The van der Waals surface area contributed by atoms with Crippen molar-refractivity contribution in [2.75, 3.05) is 84.6 Å². The first-order valence-corrected chi connectivity index (χ1v) is 23.7. The lowest BCUT2D eigenvalue weighted by atomic mass is 9.97. The number of aromatic hydroxyl groups is 4. The second kappa shape index (κ2) is 18.2. The van der Waals surface area contributed by atoms with Gasteiger partial charge in [-0.05, 0) is 48.6 Å². The quantitative estimate of drug-likeness (QED) is 0.0388. The van der Waals surface area contributed by atoms with Crippen molar-refractivity contribution in [2.24, 2.45) is 0 Å². The predicted molar refractivity (Wildman–Crippen MR) is 285 cm³/mol. The van der Waals surface area contributed by atoms with Crippen molar-refractivity contribution in [3.8, 4) is 67.5 Å². The molecule has 78 heavy (non-hydrogen) atoms. The first-order valence-electron chi connectivity index (χ1n) is 23.7. The lowest BCUT2D eigenvalue weighted by Crippen LogP contribution is -2.37. The van der Waals surface area contributed by atoms with Gasteiger partial charge in [-0.25, -0.2) is 53.9 Å². The van der Waals surface area contributed by atoms with Crippen molar-refractivity contribution in [1.82, 2.24) is 37.9 Å². The van der Waals surface area contributed by atoms with Gasteiger partial charge in [-0.15, -0.1) is 0 Å². The summed E-state index contributed by atoms with van der Waals surface area (Å²) in [6.07, 6.45) is 4.72. The number of phenols is 4. The molecule has 0 saturated heterocycles. The van der Waals surface area contributed by atoms with E-state index in [-0.39, 0.29) is 85.4 Å². The Morgan fingerprint density at radius 2 is 0.487 bits per heavy atom. The number of fused-ring (bicyclic) bond motifs is 8. The molecule has 4 aromatic carbocycles. The highest BCUT2D eigenvalue weighted by molar-refractivity contribution is 6.04. The number of halogens is 10. The van der Waals surface area contributed by atoms with Crippen LogP contribution in [-0.4, -0.2) is 125 Å². The third-order valence-corrected chi connectivity index (χ3v) is 13.5. The lowest BCUT2D eigenvalue weighted by Gasteiger charge is -2.30. The standard InChI is InChI=1S/C56H48F10N8O4/c1-71(2,3)31-21-32(72(4,5)6)54(76)41(53(31)75)37-27-17-13-23(67-27)35(39-43(57)47(61)51(65)48(62)44(39)58)25-15-19-29(69-25)38(42-55(77)33(73(7,8)9)22-34(56(42)78)74(10,11)12)30-20-16-26(70-30)36(24-14-18-28(37)68-24)40-45(59)49(63)52(66)50(64)46(40)60/h13-22H,1-12H3,(H2-4,67,68,69,70,75,76,77,78)/p+4. The summed E-state index contributed by atoms with van der Waals surface area (Å²) in [5.41, 5.74) is -7.57. The van der Waals surface area contributed by atoms with Crippen LogP contribution in [0.1, 0.15) is 22.8 Å². The molecule has 406 valence electrons. The number of nitrogens with one attached hydrogen (secondary N) is 2. The number of quaternary nitrogens is 4. The highest BCUT2D eigenvalue weighted by atomic mass is 19.2. The van der Waals surface area contributed by atoms with E-state index >= 15 is 35.1 Å². The van der Waals surface area contributed by atoms with E-state index in [4.69, 9.17) is 9.97 Å². The number of phenolic OH excluding ortho intramolecular Hbond substituents is 4. The number of aromatic amines is 2. The highest BCUT2D eigenvalue weighted by Crippen LogP contribution is 2.55. The maximum atomic E-state index is 16.5. The zero-order valence-corrected chi connectivity index (χ0v) is 44.0. The van der Waals surface area contributed by atoms with E-state index in [0.717, 1.165) is 12.2 Å². The summed E-state index contributed by atoms with van der Waals surface area (Å²) in [5.74, 6) is -25.5. The van der Waals surface area contributed by atoms with Crippen molar-refractivity contribution in [1.29, 1.82) is 0 Å². The van der Waals surface area contributed by atoms with E-state index in [1.165, 1.54) is 48.6 Å². The van der Waals surface area contributed by atoms with E-state index in [2.05, 4.69) is 9.97 Å². The molecule has 9 rings (SSSR count). The molecule has 12 nitrogen and oxygen atoms in total. The topological polar surface area (TPSA) is 138 Å². The molecule has 0 fully saturated rings.